The highest BCUT2D eigenvalue weighted by Crippen LogP contribution is 2.19. The minimum absolute atomic E-state index is 0.227. The van der Waals surface area contributed by atoms with Crippen LogP contribution in [0.25, 0.3) is 0 Å². The predicted octanol–water partition coefficient (Wildman–Crippen LogP) is 2.21. The zero-order chi connectivity index (χ0) is 13.0. The van der Waals surface area contributed by atoms with Crippen molar-refractivity contribution in [3.05, 3.63) is 60.2 Å². The van der Waals surface area contributed by atoms with Crippen LogP contribution in [-0.4, -0.2) is 17.2 Å². The van der Waals surface area contributed by atoms with Gasteiger partial charge in [-0.15, -0.1) is 0 Å². The van der Waals surface area contributed by atoms with Crippen molar-refractivity contribution in [1.29, 1.82) is 0 Å². The summed E-state index contributed by atoms with van der Waals surface area (Å²) < 4.78 is 12.4. The summed E-state index contributed by atoms with van der Waals surface area (Å²) in [5.41, 5.74) is 0.446. The molecule has 3 nitrogen and oxygen atoms in total. The molecule has 0 radical (unpaired) electrons. The number of benzene rings is 2. The molecule has 0 aliphatic heterocycles. The van der Waals surface area contributed by atoms with Gasteiger partial charge in [-0.1, -0.05) is 30.3 Å². The smallest absolute Gasteiger partial charge is 0.252 e. The minimum atomic E-state index is -1.34. The van der Waals surface area contributed by atoms with Crippen LogP contribution in [0.15, 0.2) is 64.4 Å². The molecule has 1 N–H and O–H groups in total. The summed E-state index contributed by atoms with van der Waals surface area (Å²) in [4.78, 5) is 12.9. The molecule has 0 fully saturated rings. The summed E-state index contributed by atoms with van der Waals surface area (Å²) in [7, 11) is 0.219. The Morgan fingerprint density at radius 2 is 1.61 bits per heavy atom. The summed E-state index contributed by atoms with van der Waals surface area (Å²) in [5.74, 6) is -0.227. The van der Waals surface area contributed by atoms with Crippen LogP contribution in [0.2, 0.25) is 0 Å². The number of rotatable bonds is 3. The maximum atomic E-state index is 12.4. The van der Waals surface area contributed by atoms with Gasteiger partial charge in [0.25, 0.3) is 5.91 Å². The summed E-state index contributed by atoms with van der Waals surface area (Å²) >= 11 is 0. The Balaban J connectivity index is 2.46. The molecule has 0 heterocycles. The van der Waals surface area contributed by atoms with Crippen LogP contribution in [0.1, 0.15) is 10.4 Å². The Hall–Kier alpha value is -1.94. The number of carbonyl (C=O) groups excluding carboxylic acids is 1. The first-order chi connectivity index (χ1) is 8.74. The summed E-state index contributed by atoms with van der Waals surface area (Å²) in [6.07, 6.45) is 0. The average molecular weight is 259 g/mol. The second kappa shape index (κ2) is 5.60. The second-order valence-electron chi connectivity index (χ2n) is 3.66. The zero-order valence-corrected chi connectivity index (χ0v) is 10.7. The summed E-state index contributed by atoms with van der Waals surface area (Å²) in [6.45, 7) is 0. The van der Waals surface area contributed by atoms with Crippen LogP contribution in [-0.2, 0) is 10.8 Å². The van der Waals surface area contributed by atoms with Crippen LogP contribution in [0, 0.1) is 0 Å². The van der Waals surface area contributed by atoms with Crippen molar-refractivity contribution in [2.45, 2.75) is 9.79 Å². The normalized spacial score (nSPS) is 11.8. The molecule has 0 unspecified atom stereocenters. The second-order valence-corrected chi connectivity index (χ2v) is 5.11. The van der Waals surface area contributed by atoms with E-state index in [0.29, 0.717) is 15.4 Å². The number of hydrogen-bond donors (Lipinski definition) is 1. The molecule has 92 valence electrons. The fraction of sp³-hybridized carbons (Fsp3) is 0.0714. The van der Waals surface area contributed by atoms with E-state index in [4.69, 9.17) is 0 Å². The predicted molar refractivity (Wildman–Crippen MR) is 70.9 cm³/mol. The van der Waals surface area contributed by atoms with Crippen molar-refractivity contribution in [2.75, 3.05) is 7.05 Å². The van der Waals surface area contributed by atoms with E-state index in [0.717, 1.165) is 0 Å². The Kier molecular flexibility index (Phi) is 3.89. The van der Waals surface area contributed by atoms with Crippen LogP contribution >= 0.6 is 0 Å². The molecule has 0 spiro atoms. The molecule has 18 heavy (non-hydrogen) atoms. The molecular weight excluding hydrogens is 246 g/mol. The molecule has 0 aromatic heterocycles. The molecule has 4 heteroatoms. The van der Waals surface area contributed by atoms with Crippen molar-refractivity contribution >= 4 is 16.7 Å². The number of hydrogen-bond acceptors (Lipinski definition) is 2. The van der Waals surface area contributed by atoms with Gasteiger partial charge in [-0.3, -0.25) is 4.79 Å². The van der Waals surface area contributed by atoms with E-state index < -0.39 is 10.8 Å². The number of amides is 1. The van der Waals surface area contributed by atoms with E-state index in [1.54, 1.807) is 43.4 Å². The quantitative estimate of drug-likeness (QED) is 0.918. The van der Waals surface area contributed by atoms with E-state index in [1.807, 2.05) is 18.2 Å². The molecule has 2 aromatic rings. The fourth-order valence-electron chi connectivity index (χ4n) is 1.62. The standard InChI is InChI=1S/C14H13NO2S/c1-15-14(16)12-9-5-6-10-13(12)18(17)11-7-3-2-4-8-11/h2-10H,1H3,(H,15,16)/t18-/m1/s1. The van der Waals surface area contributed by atoms with Gasteiger partial charge in [-0.2, -0.15) is 0 Å². The molecule has 0 saturated carbocycles. The number of carbonyl (C=O) groups is 1. The van der Waals surface area contributed by atoms with Gasteiger partial charge in [0.1, 0.15) is 0 Å². The molecule has 0 aliphatic carbocycles. The summed E-state index contributed by atoms with van der Waals surface area (Å²) in [5, 5.41) is 2.55. The van der Waals surface area contributed by atoms with Crippen LogP contribution in [0.3, 0.4) is 0 Å². The molecule has 1 amide bonds. The van der Waals surface area contributed by atoms with Gasteiger partial charge in [-0.25, -0.2) is 4.21 Å². The zero-order valence-electron chi connectivity index (χ0n) is 9.92. The van der Waals surface area contributed by atoms with Crippen LogP contribution in [0.5, 0.6) is 0 Å². The molecule has 0 saturated heterocycles. The Morgan fingerprint density at radius 3 is 2.28 bits per heavy atom. The molecule has 1 atom stereocenters. The fourth-order valence-corrected chi connectivity index (χ4v) is 2.84. The lowest BCUT2D eigenvalue weighted by Gasteiger charge is -2.07. The Morgan fingerprint density at radius 1 is 1.00 bits per heavy atom. The lowest BCUT2D eigenvalue weighted by molar-refractivity contribution is 0.0960. The topological polar surface area (TPSA) is 46.2 Å². The first-order valence-electron chi connectivity index (χ1n) is 5.52. The third kappa shape index (κ3) is 2.49. The van der Waals surface area contributed by atoms with E-state index >= 15 is 0 Å². The van der Waals surface area contributed by atoms with Crippen molar-refractivity contribution in [1.82, 2.24) is 5.32 Å². The van der Waals surface area contributed by atoms with Gasteiger partial charge in [-0.05, 0) is 24.3 Å². The number of nitrogens with one attached hydrogen (secondary N) is 1. The minimum Gasteiger partial charge on any atom is -0.355 e. The maximum Gasteiger partial charge on any atom is 0.252 e. The van der Waals surface area contributed by atoms with E-state index in [9.17, 15) is 9.00 Å². The van der Waals surface area contributed by atoms with E-state index in [2.05, 4.69) is 5.32 Å². The molecular formula is C14H13NO2S. The van der Waals surface area contributed by atoms with E-state index in [1.165, 1.54) is 0 Å². The lowest BCUT2D eigenvalue weighted by Crippen LogP contribution is -2.19. The van der Waals surface area contributed by atoms with Crippen molar-refractivity contribution in [3.8, 4) is 0 Å². The molecule has 0 aliphatic rings. The van der Waals surface area contributed by atoms with Crippen LogP contribution in [0.4, 0.5) is 0 Å². The first-order valence-corrected chi connectivity index (χ1v) is 6.67. The van der Waals surface area contributed by atoms with Crippen LogP contribution < -0.4 is 5.32 Å². The highest BCUT2D eigenvalue weighted by Gasteiger charge is 2.15. The Labute approximate surface area is 108 Å². The molecule has 2 rings (SSSR count). The monoisotopic (exact) mass is 259 g/mol. The van der Waals surface area contributed by atoms with E-state index in [-0.39, 0.29) is 5.91 Å². The molecule has 0 bridgehead atoms. The van der Waals surface area contributed by atoms with Crippen molar-refractivity contribution < 1.29 is 9.00 Å². The maximum absolute atomic E-state index is 12.4. The SMILES string of the molecule is CNC(=O)c1ccccc1[S@](=O)c1ccccc1. The lowest BCUT2D eigenvalue weighted by atomic mass is 10.2. The third-order valence-electron chi connectivity index (χ3n) is 2.52. The Bertz CT molecular complexity index is 581. The van der Waals surface area contributed by atoms with Gasteiger partial charge >= 0.3 is 0 Å². The third-order valence-corrected chi connectivity index (χ3v) is 3.97. The average Bonchev–Trinajstić information content (AvgIpc) is 2.46. The van der Waals surface area contributed by atoms with Gasteiger partial charge in [0.05, 0.1) is 21.3 Å². The highest BCUT2D eigenvalue weighted by molar-refractivity contribution is 7.85. The van der Waals surface area contributed by atoms with Gasteiger partial charge in [0.2, 0.25) is 0 Å². The summed E-state index contributed by atoms with van der Waals surface area (Å²) in [6, 6.07) is 16.0. The largest absolute Gasteiger partial charge is 0.355 e. The van der Waals surface area contributed by atoms with Gasteiger partial charge in [0.15, 0.2) is 0 Å². The first kappa shape index (κ1) is 12.5. The van der Waals surface area contributed by atoms with Gasteiger partial charge < -0.3 is 5.32 Å². The molecule has 2 aromatic carbocycles. The van der Waals surface area contributed by atoms with Crippen molar-refractivity contribution in [3.63, 3.8) is 0 Å². The van der Waals surface area contributed by atoms with Gasteiger partial charge in [0, 0.05) is 11.9 Å². The van der Waals surface area contributed by atoms with Crippen molar-refractivity contribution in [2.24, 2.45) is 0 Å². The highest BCUT2D eigenvalue weighted by atomic mass is 32.2.